The van der Waals surface area contributed by atoms with E-state index in [1.165, 1.54) is 0 Å². The van der Waals surface area contributed by atoms with E-state index in [9.17, 15) is 19.8 Å². The largest absolute Gasteiger partial charge is 0.508 e. The molecule has 2 aromatic carbocycles. The first kappa shape index (κ1) is 32.5. The highest BCUT2D eigenvalue weighted by Gasteiger charge is 2.30. The van der Waals surface area contributed by atoms with Crippen LogP contribution in [0.5, 0.6) is 11.5 Å². The molecule has 0 radical (unpaired) electrons. The molecule has 9 heteroatoms. The SMILES string of the molecule is CC(C)(C)OC(=O)N1CC=C(c2cccc(O)c2)C1.CC(C)(C)OC(=O)N1CCC(c2cccc(O)c2)C1.CO. The number of amides is 2. The van der Waals surface area contributed by atoms with E-state index in [1.807, 2.05) is 65.8 Å². The summed E-state index contributed by atoms with van der Waals surface area (Å²) in [5, 5.41) is 26.0. The van der Waals surface area contributed by atoms with E-state index >= 15 is 0 Å². The summed E-state index contributed by atoms with van der Waals surface area (Å²) < 4.78 is 10.7. The Balaban J connectivity index is 0.000000264. The van der Waals surface area contributed by atoms with Crippen LogP contribution in [0.15, 0.2) is 54.6 Å². The van der Waals surface area contributed by atoms with Crippen molar-refractivity contribution < 1.29 is 34.4 Å². The Bertz CT molecular complexity index is 1140. The topological polar surface area (TPSA) is 120 Å². The monoisotopic (exact) mass is 556 g/mol. The van der Waals surface area contributed by atoms with Crippen molar-refractivity contribution in [1.29, 1.82) is 0 Å². The van der Waals surface area contributed by atoms with Crippen LogP contribution in [-0.4, -0.2) is 81.8 Å². The van der Waals surface area contributed by atoms with Gasteiger partial charge in [0.1, 0.15) is 22.7 Å². The highest BCUT2D eigenvalue weighted by Crippen LogP contribution is 2.30. The zero-order valence-electron chi connectivity index (χ0n) is 24.7. The molecule has 0 aromatic heterocycles. The molecular formula is C31H44N2O7. The van der Waals surface area contributed by atoms with Crippen molar-refractivity contribution in [3.05, 3.63) is 65.7 Å². The highest BCUT2D eigenvalue weighted by atomic mass is 16.6. The smallest absolute Gasteiger partial charge is 0.410 e. The highest BCUT2D eigenvalue weighted by molar-refractivity contribution is 5.77. The normalized spacial score (nSPS) is 16.7. The molecule has 2 aromatic rings. The molecular weight excluding hydrogens is 512 g/mol. The molecule has 1 unspecified atom stereocenters. The lowest BCUT2D eigenvalue weighted by atomic mass is 9.98. The zero-order valence-corrected chi connectivity index (χ0v) is 24.7. The fraction of sp³-hybridized carbons (Fsp3) is 0.484. The van der Waals surface area contributed by atoms with E-state index in [1.54, 1.807) is 40.1 Å². The molecule has 0 saturated carbocycles. The standard InChI is InChI=1S/C15H21NO3.C15H19NO3.CH4O/c2*1-15(2,3)19-14(18)16-8-7-12(10-16)11-5-4-6-13(17)9-11;1-2/h4-6,9,12,17H,7-8,10H2,1-3H3;4-7,9,17H,8,10H2,1-3H3;2H,1H3. The second-order valence-electron chi connectivity index (χ2n) is 11.6. The van der Waals surface area contributed by atoms with Crippen molar-refractivity contribution in [2.24, 2.45) is 0 Å². The van der Waals surface area contributed by atoms with Crippen LogP contribution in [0.3, 0.4) is 0 Å². The maximum absolute atomic E-state index is 12.0. The third-order valence-corrected chi connectivity index (χ3v) is 5.97. The summed E-state index contributed by atoms with van der Waals surface area (Å²) in [6, 6.07) is 14.3. The maximum Gasteiger partial charge on any atom is 0.410 e. The van der Waals surface area contributed by atoms with Crippen LogP contribution >= 0.6 is 0 Å². The number of ether oxygens (including phenoxy) is 2. The van der Waals surface area contributed by atoms with Crippen LogP contribution in [0.1, 0.15) is 65.0 Å². The summed E-state index contributed by atoms with van der Waals surface area (Å²) in [5.74, 6) is 0.780. The molecule has 2 heterocycles. The first-order valence-corrected chi connectivity index (χ1v) is 13.4. The van der Waals surface area contributed by atoms with Crippen LogP contribution < -0.4 is 0 Å². The predicted octanol–water partition coefficient (Wildman–Crippen LogP) is 5.75. The number of carbonyl (C=O) groups is 2. The van der Waals surface area contributed by atoms with Crippen molar-refractivity contribution >= 4 is 17.8 Å². The lowest BCUT2D eigenvalue weighted by molar-refractivity contribution is 0.0287. The molecule has 4 rings (SSSR count). The second kappa shape index (κ2) is 14.1. The minimum Gasteiger partial charge on any atom is -0.508 e. The van der Waals surface area contributed by atoms with Gasteiger partial charge in [-0.1, -0.05) is 30.3 Å². The van der Waals surface area contributed by atoms with Gasteiger partial charge in [0, 0.05) is 39.2 Å². The van der Waals surface area contributed by atoms with Crippen molar-refractivity contribution in [2.45, 2.75) is 65.1 Å². The van der Waals surface area contributed by atoms with Crippen LogP contribution in [0, 0.1) is 0 Å². The summed E-state index contributed by atoms with van der Waals surface area (Å²) in [5.41, 5.74) is 2.10. The number of phenolic OH excluding ortho intramolecular Hbond substituents is 2. The van der Waals surface area contributed by atoms with E-state index in [2.05, 4.69) is 0 Å². The fourth-order valence-electron chi connectivity index (χ4n) is 4.24. The maximum atomic E-state index is 12.0. The number of hydrogen-bond donors (Lipinski definition) is 3. The lowest BCUT2D eigenvalue weighted by Crippen LogP contribution is -2.35. The van der Waals surface area contributed by atoms with Gasteiger partial charge in [-0.25, -0.2) is 9.59 Å². The molecule has 2 amide bonds. The van der Waals surface area contributed by atoms with Crippen molar-refractivity contribution in [1.82, 2.24) is 9.80 Å². The van der Waals surface area contributed by atoms with Gasteiger partial charge in [-0.3, -0.25) is 0 Å². The molecule has 220 valence electrons. The van der Waals surface area contributed by atoms with Crippen LogP contribution in [0.25, 0.3) is 5.57 Å². The van der Waals surface area contributed by atoms with E-state index in [-0.39, 0.29) is 29.6 Å². The molecule has 1 atom stereocenters. The second-order valence-corrected chi connectivity index (χ2v) is 11.6. The van der Waals surface area contributed by atoms with Gasteiger partial charge in [-0.05, 0) is 88.9 Å². The van der Waals surface area contributed by atoms with Gasteiger partial charge in [-0.2, -0.15) is 0 Å². The first-order chi connectivity index (χ1) is 18.7. The Morgan fingerprint density at radius 3 is 1.93 bits per heavy atom. The fourth-order valence-corrected chi connectivity index (χ4v) is 4.24. The number of nitrogens with zero attached hydrogens (tertiary/aromatic N) is 2. The lowest BCUT2D eigenvalue weighted by Gasteiger charge is -2.24. The number of aliphatic hydroxyl groups is 1. The van der Waals surface area contributed by atoms with Crippen LogP contribution in [0.2, 0.25) is 0 Å². The third kappa shape index (κ3) is 10.4. The minimum atomic E-state index is -0.481. The number of carbonyl (C=O) groups excluding carboxylic acids is 2. The molecule has 0 spiro atoms. The van der Waals surface area contributed by atoms with E-state index in [4.69, 9.17) is 14.6 Å². The number of rotatable bonds is 2. The Hall–Kier alpha value is -3.72. The molecule has 2 aliphatic heterocycles. The predicted molar refractivity (Wildman–Crippen MR) is 155 cm³/mol. The van der Waals surface area contributed by atoms with Crippen LogP contribution in [-0.2, 0) is 9.47 Å². The third-order valence-electron chi connectivity index (χ3n) is 5.97. The zero-order chi connectivity index (χ0) is 30.1. The van der Waals surface area contributed by atoms with Gasteiger partial charge in [0.15, 0.2) is 0 Å². The Kier molecular flexibility index (Phi) is 11.4. The van der Waals surface area contributed by atoms with Crippen molar-refractivity contribution in [3.8, 4) is 11.5 Å². The van der Waals surface area contributed by atoms with Gasteiger partial charge < -0.3 is 34.6 Å². The number of benzene rings is 2. The Labute approximate surface area is 237 Å². The molecule has 2 aliphatic rings. The Morgan fingerprint density at radius 1 is 0.825 bits per heavy atom. The summed E-state index contributed by atoms with van der Waals surface area (Å²) in [4.78, 5) is 27.3. The van der Waals surface area contributed by atoms with Crippen LogP contribution in [0.4, 0.5) is 9.59 Å². The summed E-state index contributed by atoms with van der Waals surface area (Å²) >= 11 is 0. The van der Waals surface area contributed by atoms with E-state index < -0.39 is 11.2 Å². The number of aromatic hydroxyl groups is 2. The molecule has 40 heavy (non-hydrogen) atoms. The number of hydrogen-bond acceptors (Lipinski definition) is 7. The number of phenols is 2. The molecule has 1 fully saturated rings. The van der Waals surface area contributed by atoms with E-state index in [0.717, 1.165) is 30.2 Å². The molecule has 0 aliphatic carbocycles. The van der Waals surface area contributed by atoms with Crippen molar-refractivity contribution in [3.63, 3.8) is 0 Å². The van der Waals surface area contributed by atoms with Gasteiger partial charge in [0.25, 0.3) is 0 Å². The number of likely N-dealkylation sites (tertiary alicyclic amines) is 1. The molecule has 1 saturated heterocycles. The van der Waals surface area contributed by atoms with Gasteiger partial charge in [-0.15, -0.1) is 0 Å². The quantitative estimate of drug-likeness (QED) is 0.431. The first-order valence-electron chi connectivity index (χ1n) is 13.4. The average Bonchev–Trinajstić information content (AvgIpc) is 3.55. The summed E-state index contributed by atoms with van der Waals surface area (Å²) in [7, 11) is 1.00. The van der Waals surface area contributed by atoms with E-state index in [0.29, 0.717) is 26.2 Å². The summed E-state index contributed by atoms with van der Waals surface area (Å²) in [6.45, 7) is 13.6. The average molecular weight is 557 g/mol. The Morgan fingerprint density at radius 2 is 1.38 bits per heavy atom. The van der Waals surface area contributed by atoms with Gasteiger partial charge >= 0.3 is 12.2 Å². The van der Waals surface area contributed by atoms with Gasteiger partial charge in [0.2, 0.25) is 0 Å². The number of aliphatic hydroxyl groups excluding tert-OH is 1. The molecule has 3 N–H and O–H groups in total. The minimum absolute atomic E-state index is 0.231. The molecule has 9 nitrogen and oxygen atoms in total. The summed E-state index contributed by atoms with van der Waals surface area (Å²) in [6.07, 6.45) is 2.33. The van der Waals surface area contributed by atoms with Gasteiger partial charge in [0.05, 0.1) is 0 Å². The molecule has 0 bridgehead atoms. The van der Waals surface area contributed by atoms with Crippen molar-refractivity contribution in [2.75, 3.05) is 33.3 Å².